The Hall–Kier alpha value is -2.56. The van der Waals surface area contributed by atoms with E-state index in [9.17, 15) is 9.59 Å². The Morgan fingerprint density at radius 3 is 2.36 bits per heavy atom. The summed E-state index contributed by atoms with van der Waals surface area (Å²) in [6.07, 6.45) is 0.441. The first-order chi connectivity index (χ1) is 12.0. The molecule has 2 rings (SSSR count). The molecule has 0 fully saturated rings. The fraction of sp³-hybridized carbons (Fsp3) is 0.400. The number of benzene rings is 1. The van der Waals surface area contributed by atoms with Crippen LogP contribution < -0.4 is 0 Å². The van der Waals surface area contributed by atoms with E-state index in [0.717, 1.165) is 22.5 Å². The van der Waals surface area contributed by atoms with Crippen LogP contribution in [0.1, 0.15) is 53.1 Å². The number of hydrogen-bond acceptors (Lipinski definition) is 3. The van der Waals surface area contributed by atoms with Crippen LogP contribution in [0.25, 0.3) is 0 Å². The number of ether oxygens (including phenoxy) is 1. The number of amides is 1. The third-order valence-corrected chi connectivity index (χ3v) is 4.24. The minimum atomic E-state index is -0.323. The highest BCUT2D eigenvalue weighted by atomic mass is 16.5. The molecule has 0 aliphatic carbocycles. The Kier molecular flexibility index (Phi) is 6.39. The molecule has 1 aromatic carbocycles. The molecule has 1 heterocycles. The molecule has 0 spiro atoms. The van der Waals surface area contributed by atoms with Crippen LogP contribution in [0.5, 0.6) is 0 Å². The van der Waals surface area contributed by atoms with E-state index >= 15 is 0 Å². The van der Waals surface area contributed by atoms with E-state index in [0.29, 0.717) is 31.7 Å². The minimum Gasteiger partial charge on any atom is -0.462 e. The highest BCUT2D eigenvalue weighted by Gasteiger charge is 2.22. The number of carbonyl (C=O) groups excluding carboxylic acids is 2. The second kappa shape index (κ2) is 8.51. The number of carbonyl (C=O) groups is 2. The predicted molar refractivity (Wildman–Crippen MR) is 97.2 cm³/mol. The number of aryl methyl sites for hydroxylation is 1. The van der Waals surface area contributed by atoms with Gasteiger partial charge in [0.05, 0.1) is 18.7 Å². The highest BCUT2D eigenvalue weighted by Crippen LogP contribution is 2.21. The maximum absolute atomic E-state index is 12.4. The van der Waals surface area contributed by atoms with E-state index in [1.54, 1.807) is 6.92 Å². The van der Waals surface area contributed by atoms with Crippen molar-refractivity contribution >= 4 is 11.9 Å². The monoisotopic (exact) mass is 342 g/mol. The Balaban J connectivity index is 2.25. The van der Waals surface area contributed by atoms with Crippen LogP contribution >= 0.6 is 0 Å². The normalized spacial score (nSPS) is 10.6. The molecule has 0 radical (unpaired) electrons. The van der Waals surface area contributed by atoms with E-state index in [-0.39, 0.29) is 11.9 Å². The van der Waals surface area contributed by atoms with Crippen molar-refractivity contribution in [2.75, 3.05) is 6.61 Å². The van der Waals surface area contributed by atoms with Gasteiger partial charge >= 0.3 is 5.97 Å². The number of aromatic nitrogens is 1. The fourth-order valence-corrected chi connectivity index (χ4v) is 2.93. The molecule has 1 aromatic heterocycles. The molecule has 0 aliphatic rings. The van der Waals surface area contributed by atoms with Crippen molar-refractivity contribution in [3.63, 3.8) is 0 Å². The van der Waals surface area contributed by atoms with Crippen LogP contribution in [-0.2, 0) is 22.6 Å². The summed E-state index contributed by atoms with van der Waals surface area (Å²) in [7, 11) is 0. The molecule has 0 aliphatic heterocycles. The van der Waals surface area contributed by atoms with Crippen LogP contribution in [0.2, 0.25) is 0 Å². The van der Waals surface area contributed by atoms with Gasteiger partial charge in [-0.15, -0.1) is 0 Å². The van der Waals surface area contributed by atoms with Crippen LogP contribution in [0.3, 0.4) is 0 Å². The third kappa shape index (κ3) is 4.50. The van der Waals surface area contributed by atoms with Crippen molar-refractivity contribution in [1.29, 1.82) is 0 Å². The van der Waals surface area contributed by atoms with Crippen LogP contribution in [-0.4, -0.2) is 28.4 Å². The summed E-state index contributed by atoms with van der Waals surface area (Å²) in [6, 6.07) is 9.90. The first kappa shape index (κ1) is 18.8. The SMILES string of the molecule is CCOC(=O)c1c(C)[nH]c(CN(Cc2ccccc2)C(=O)CC)c1C. The maximum atomic E-state index is 12.4. The van der Waals surface area contributed by atoms with Gasteiger partial charge in [-0.25, -0.2) is 4.79 Å². The van der Waals surface area contributed by atoms with Gasteiger partial charge in [0.15, 0.2) is 0 Å². The predicted octanol–water partition coefficient (Wildman–Crippen LogP) is 3.75. The number of nitrogens with zero attached hydrogens (tertiary/aromatic N) is 1. The van der Waals surface area contributed by atoms with Gasteiger partial charge in [-0.2, -0.15) is 0 Å². The molecule has 2 aromatic rings. The van der Waals surface area contributed by atoms with Gasteiger partial charge in [0.2, 0.25) is 5.91 Å². The van der Waals surface area contributed by atoms with Crippen LogP contribution in [0.15, 0.2) is 30.3 Å². The Morgan fingerprint density at radius 1 is 1.08 bits per heavy atom. The number of rotatable bonds is 7. The zero-order valence-corrected chi connectivity index (χ0v) is 15.4. The van der Waals surface area contributed by atoms with Gasteiger partial charge in [0.1, 0.15) is 0 Å². The topological polar surface area (TPSA) is 62.4 Å². The summed E-state index contributed by atoms with van der Waals surface area (Å²) in [5.74, 6) is -0.246. The maximum Gasteiger partial charge on any atom is 0.340 e. The number of H-pyrrole nitrogens is 1. The lowest BCUT2D eigenvalue weighted by Crippen LogP contribution is -2.29. The molecular formula is C20H26N2O3. The fourth-order valence-electron chi connectivity index (χ4n) is 2.93. The summed E-state index contributed by atoms with van der Waals surface area (Å²) < 4.78 is 5.13. The van der Waals surface area contributed by atoms with Gasteiger partial charge < -0.3 is 14.6 Å². The molecule has 0 atom stereocenters. The Labute approximate surface area is 149 Å². The van der Waals surface area contributed by atoms with Crippen molar-refractivity contribution in [3.05, 3.63) is 58.4 Å². The van der Waals surface area contributed by atoms with Gasteiger partial charge in [-0.3, -0.25) is 4.79 Å². The number of aromatic amines is 1. The summed E-state index contributed by atoms with van der Waals surface area (Å²) in [5, 5.41) is 0. The zero-order chi connectivity index (χ0) is 18.4. The minimum absolute atomic E-state index is 0.0770. The van der Waals surface area contributed by atoms with Gasteiger partial charge in [0, 0.05) is 24.4 Å². The summed E-state index contributed by atoms with van der Waals surface area (Å²) in [4.78, 5) is 29.6. The molecule has 5 heteroatoms. The van der Waals surface area contributed by atoms with Gasteiger partial charge in [-0.05, 0) is 31.9 Å². The standard InChI is InChI=1S/C20H26N2O3/c1-5-18(23)22(12-16-10-8-7-9-11-16)13-17-14(3)19(15(4)21-17)20(24)25-6-2/h7-11,21H,5-6,12-13H2,1-4H3. The summed E-state index contributed by atoms with van der Waals surface area (Å²) >= 11 is 0. The average molecular weight is 342 g/mol. The Morgan fingerprint density at radius 2 is 1.76 bits per heavy atom. The van der Waals surface area contributed by atoms with E-state index in [2.05, 4.69) is 4.98 Å². The largest absolute Gasteiger partial charge is 0.462 e. The Bertz CT molecular complexity index is 735. The van der Waals surface area contributed by atoms with E-state index in [1.807, 2.05) is 56.0 Å². The number of nitrogens with one attached hydrogen (secondary N) is 1. The lowest BCUT2D eigenvalue weighted by Gasteiger charge is -2.22. The van der Waals surface area contributed by atoms with Crippen molar-refractivity contribution in [2.45, 2.75) is 47.2 Å². The average Bonchev–Trinajstić information content (AvgIpc) is 2.88. The molecule has 134 valence electrons. The summed E-state index contributed by atoms with van der Waals surface area (Å²) in [6.45, 7) is 8.71. The molecule has 25 heavy (non-hydrogen) atoms. The zero-order valence-electron chi connectivity index (χ0n) is 15.4. The summed E-state index contributed by atoms with van der Waals surface area (Å²) in [5.41, 5.74) is 4.14. The molecule has 1 amide bonds. The molecule has 1 N–H and O–H groups in total. The van der Waals surface area contributed by atoms with Crippen LogP contribution in [0, 0.1) is 13.8 Å². The van der Waals surface area contributed by atoms with Gasteiger partial charge in [-0.1, -0.05) is 37.3 Å². The van der Waals surface area contributed by atoms with E-state index in [1.165, 1.54) is 0 Å². The lowest BCUT2D eigenvalue weighted by atomic mass is 10.1. The smallest absolute Gasteiger partial charge is 0.340 e. The lowest BCUT2D eigenvalue weighted by molar-refractivity contribution is -0.132. The van der Waals surface area contributed by atoms with Crippen LogP contribution in [0.4, 0.5) is 0 Å². The number of esters is 1. The first-order valence-electron chi connectivity index (χ1n) is 8.64. The molecule has 0 bridgehead atoms. The van der Waals surface area contributed by atoms with Crippen molar-refractivity contribution in [2.24, 2.45) is 0 Å². The van der Waals surface area contributed by atoms with Crippen molar-refractivity contribution in [3.8, 4) is 0 Å². The third-order valence-electron chi connectivity index (χ3n) is 4.24. The molecular weight excluding hydrogens is 316 g/mol. The second-order valence-electron chi connectivity index (χ2n) is 6.04. The molecule has 0 unspecified atom stereocenters. The molecule has 0 saturated carbocycles. The first-order valence-corrected chi connectivity index (χ1v) is 8.64. The molecule has 0 saturated heterocycles. The molecule has 5 nitrogen and oxygen atoms in total. The quantitative estimate of drug-likeness (QED) is 0.780. The van der Waals surface area contributed by atoms with Crippen molar-refractivity contribution in [1.82, 2.24) is 9.88 Å². The van der Waals surface area contributed by atoms with E-state index in [4.69, 9.17) is 4.74 Å². The van der Waals surface area contributed by atoms with E-state index < -0.39 is 0 Å². The van der Waals surface area contributed by atoms with Crippen molar-refractivity contribution < 1.29 is 14.3 Å². The number of hydrogen-bond donors (Lipinski definition) is 1. The second-order valence-corrected chi connectivity index (χ2v) is 6.04. The van der Waals surface area contributed by atoms with Gasteiger partial charge in [0.25, 0.3) is 0 Å². The highest BCUT2D eigenvalue weighted by molar-refractivity contribution is 5.92.